The Morgan fingerprint density at radius 1 is 0.938 bits per heavy atom. The van der Waals surface area contributed by atoms with Gasteiger partial charge in [-0.1, -0.05) is 24.3 Å². The molecule has 1 aliphatic heterocycles. The lowest BCUT2D eigenvalue weighted by Gasteiger charge is -2.33. The number of anilines is 1. The van der Waals surface area contributed by atoms with Crippen LogP contribution in [0.1, 0.15) is 34.3 Å². The van der Waals surface area contributed by atoms with Crippen LogP contribution in [0.5, 0.6) is 11.5 Å². The van der Waals surface area contributed by atoms with Crippen molar-refractivity contribution in [1.82, 2.24) is 5.48 Å². The van der Waals surface area contributed by atoms with Crippen LogP contribution in [0.3, 0.4) is 0 Å². The summed E-state index contributed by atoms with van der Waals surface area (Å²) in [6.07, 6.45) is 3.00. The molecule has 2 amide bonds. The largest absolute Gasteiger partial charge is 0.457 e. The summed E-state index contributed by atoms with van der Waals surface area (Å²) in [5, 5.41) is 8.93. The summed E-state index contributed by atoms with van der Waals surface area (Å²) < 4.78 is 5.86. The maximum Gasteiger partial charge on any atom is 0.274 e. The monoisotopic (exact) mass is 428 g/mol. The fourth-order valence-corrected chi connectivity index (χ4v) is 4.85. The second-order valence-corrected chi connectivity index (χ2v) is 8.50. The molecule has 1 aliphatic carbocycles. The second kappa shape index (κ2) is 8.13. The molecule has 0 bridgehead atoms. The van der Waals surface area contributed by atoms with Gasteiger partial charge in [0.2, 0.25) is 5.91 Å². The number of hydrogen-bond donors (Lipinski definition) is 2. The van der Waals surface area contributed by atoms with E-state index >= 15 is 0 Å². The summed E-state index contributed by atoms with van der Waals surface area (Å²) in [7, 11) is 0. The molecule has 0 aromatic heterocycles. The third-order valence-corrected chi connectivity index (χ3v) is 6.61. The number of para-hydroxylation sites is 1. The van der Waals surface area contributed by atoms with Crippen molar-refractivity contribution < 1.29 is 19.5 Å². The quantitative estimate of drug-likeness (QED) is 0.473. The van der Waals surface area contributed by atoms with E-state index in [4.69, 9.17) is 9.94 Å². The first-order chi connectivity index (χ1) is 15.6. The molecule has 1 atom stereocenters. The van der Waals surface area contributed by atoms with Crippen LogP contribution < -0.4 is 15.1 Å². The van der Waals surface area contributed by atoms with Gasteiger partial charge in [0.15, 0.2) is 0 Å². The van der Waals surface area contributed by atoms with E-state index in [1.807, 2.05) is 65.6 Å². The number of ether oxygens (including phenoxy) is 1. The molecule has 5 rings (SSSR count). The van der Waals surface area contributed by atoms with Crippen LogP contribution in [0.25, 0.3) is 0 Å². The summed E-state index contributed by atoms with van der Waals surface area (Å²) in [6, 6.07) is 22.7. The van der Waals surface area contributed by atoms with E-state index in [1.54, 1.807) is 17.6 Å². The number of fused-ring (bicyclic) bond motifs is 1. The van der Waals surface area contributed by atoms with Crippen molar-refractivity contribution in [1.29, 1.82) is 0 Å². The molecule has 2 aliphatic rings. The Bertz CT molecular complexity index is 1160. The number of hydrogen-bond acceptors (Lipinski definition) is 4. The topological polar surface area (TPSA) is 78.9 Å². The van der Waals surface area contributed by atoms with Crippen molar-refractivity contribution in [3.05, 3.63) is 89.5 Å². The van der Waals surface area contributed by atoms with Crippen molar-refractivity contribution in [3.63, 3.8) is 0 Å². The number of amides is 2. The molecule has 162 valence electrons. The maximum absolute atomic E-state index is 13.5. The molecular formula is C26H24N2O4. The lowest BCUT2D eigenvalue weighted by Crippen LogP contribution is -2.38. The molecule has 6 heteroatoms. The Hall–Kier alpha value is -3.64. The number of carbonyl (C=O) groups excluding carboxylic acids is 2. The predicted octanol–water partition coefficient (Wildman–Crippen LogP) is 4.51. The molecule has 1 fully saturated rings. The van der Waals surface area contributed by atoms with Gasteiger partial charge in [0, 0.05) is 17.8 Å². The fraction of sp³-hybridized carbons (Fsp3) is 0.231. The van der Waals surface area contributed by atoms with Crippen LogP contribution in [0.15, 0.2) is 72.8 Å². The zero-order valence-corrected chi connectivity index (χ0v) is 17.6. The van der Waals surface area contributed by atoms with Gasteiger partial charge in [-0.25, -0.2) is 5.48 Å². The normalized spacial score (nSPS) is 19.7. The number of carbonyl (C=O) groups is 2. The number of benzene rings is 3. The van der Waals surface area contributed by atoms with E-state index in [0.29, 0.717) is 18.5 Å². The van der Waals surface area contributed by atoms with Crippen molar-refractivity contribution >= 4 is 17.5 Å². The summed E-state index contributed by atoms with van der Waals surface area (Å²) in [5.41, 5.74) is 4.69. The second-order valence-electron chi connectivity index (χ2n) is 8.50. The highest BCUT2D eigenvalue weighted by molar-refractivity contribution is 6.00. The first kappa shape index (κ1) is 20.3. The van der Waals surface area contributed by atoms with E-state index in [9.17, 15) is 9.59 Å². The highest BCUT2D eigenvalue weighted by atomic mass is 16.5. The van der Waals surface area contributed by atoms with Gasteiger partial charge in [-0.3, -0.25) is 14.8 Å². The van der Waals surface area contributed by atoms with E-state index in [2.05, 4.69) is 0 Å². The molecular weight excluding hydrogens is 404 g/mol. The van der Waals surface area contributed by atoms with Crippen LogP contribution in [0, 0.1) is 5.41 Å². The molecule has 0 radical (unpaired) electrons. The Morgan fingerprint density at radius 2 is 1.69 bits per heavy atom. The summed E-state index contributed by atoms with van der Waals surface area (Å²) in [6.45, 7) is 0.671. The molecule has 0 saturated carbocycles. The first-order valence-corrected chi connectivity index (χ1v) is 10.8. The minimum atomic E-state index is -0.537. The van der Waals surface area contributed by atoms with Crippen LogP contribution in [0.2, 0.25) is 0 Å². The van der Waals surface area contributed by atoms with E-state index < -0.39 is 11.3 Å². The number of nitrogens with one attached hydrogen (secondary N) is 1. The van der Waals surface area contributed by atoms with Crippen LogP contribution in [0.4, 0.5) is 5.69 Å². The number of aryl methyl sites for hydroxylation is 1. The standard InChI is InChI=1S/C26H24N2O4/c29-24(27-31)19-7-6-18-12-13-26(17-20(18)16-19)14-15-28(25(26)30)21-8-10-23(11-9-21)32-22-4-2-1-3-5-22/h1-11,16,31H,12-15,17H2,(H,27,29). The third-order valence-electron chi connectivity index (χ3n) is 6.61. The maximum atomic E-state index is 13.5. The van der Waals surface area contributed by atoms with Gasteiger partial charge >= 0.3 is 0 Å². The Balaban J connectivity index is 1.33. The van der Waals surface area contributed by atoms with Crippen LogP contribution >= 0.6 is 0 Å². The molecule has 32 heavy (non-hydrogen) atoms. The van der Waals surface area contributed by atoms with Gasteiger partial charge in [-0.15, -0.1) is 0 Å². The average Bonchev–Trinajstić information content (AvgIpc) is 3.14. The van der Waals surface area contributed by atoms with Crippen LogP contribution in [-0.2, 0) is 17.6 Å². The first-order valence-electron chi connectivity index (χ1n) is 10.8. The molecule has 1 saturated heterocycles. The minimum Gasteiger partial charge on any atom is -0.457 e. The number of nitrogens with zero attached hydrogens (tertiary/aromatic N) is 1. The minimum absolute atomic E-state index is 0.136. The van der Waals surface area contributed by atoms with Crippen molar-refractivity contribution in [2.75, 3.05) is 11.4 Å². The summed E-state index contributed by atoms with van der Waals surface area (Å²) >= 11 is 0. The molecule has 3 aromatic rings. The highest BCUT2D eigenvalue weighted by Crippen LogP contribution is 2.45. The number of rotatable bonds is 4. The fourth-order valence-electron chi connectivity index (χ4n) is 4.85. The zero-order valence-electron chi connectivity index (χ0n) is 17.6. The SMILES string of the molecule is O=C(NO)c1ccc2c(c1)CC1(CC2)CCN(c2ccc(Oc3ccccc3)cc2)C1=O. The van der Waals surface area contributed by atoms with Crippen molar-refractivity contribution in [2.45, 2.75) is 25.7 Å². The Kier molecular flexibility index (Phi) is 5.15. The summed E-state index contributed by atoms with van der Waals surface area (Å²) in [4.78, 5) is 27.2. The summed E-state index contributed by atoms with van der Waals surface area (Å²) in [5.74, 6) is 1.09. The smallest absolute Gasteiger partial charge is 0.274 e. The average molecular weight is 428 g/mol. The molecule has 1 heterocycles. The van der Waals surface area contributed by atoms with Crippen molar-refractivity contribution in [2.24, 2.45) is 5.41 Å². The molecule has 1 spiro atoms. The lowest BCUT2D eigenvalue weighted by atomic mass is 9.70. The van der Waals surface area contributed by atoms with E-state index in [-0.39, 0.29) is 5.91 Å². The van der Waals surface area contributed by atoms with Gasteiger partial charge in [0.1, 0.15) is 11.5 Å². The third kappa shape index (κ3) is 3.63. The predicted molar refractivity (Wildman–Crippen MR) is 120 cm³/mol. The lowest BCUT2D eigenvalue weighted by molar-refractivity contribution is -0.126. The van der Waals surface area contributed by atoms with Gasteiger partial charge in [-0.05, 0) is 85.3 Å². The molecule has 2 N–H and O–H groups in total. The molecule has 1 unspecified atom stereocenters. The zero-order chi connectivity index (χ0) is 22.1. The van der Waals surface area contributed by atoms with Crippen LogP contribution in [-0.4, -0.2) is 23.6 Å². The highest BCUT2D eigenvalue weighted by Gasteiger charge is 2.48. The number of hydroxylamine groups is 1. The van der Waals surface area contributed by atoms with Gasteiger partial charge in [-0.2, -0.15) is 0 Å². The molecule has 6 nitrogen and oxygen atoms in total. The Morgan fingerprint density at radius 3 is 2.44 bits per heavy atom. The molecule has 3 aromatic carbocycles. The van der Waals surface area contributed by atoms with Gasteiger partial charge in [0.05, 0.1) is 5.41 Å². The van der Waals surface area contributed by atoms with Gasteiger partial charge in [0.25, 0.3) is 5.91 Å². The van der Waals surface area contributed by atoms with Gasteiger partial charge < -0.3 is 9.64 Å². The van der Waals surface area contributed by atoms with E-state index in [0.717, 1.165) is 42.0 Å². The van der Waals surface area contributed by atoms with Crippen molar-refractivity contribution in [3.8, 4) is 11.5 Å². The van der Waals surface area contributed by atoms with E-state index in [1.165, 1.54) is 5.56 Å². The Labute approximate surface area is 186 Å².